The first kappa shape index (κ1) is 18.9. The second-order valence-electron chi connectivity index (χ2n) is 2.93. The molecule has 2 N–H and O–H groups in total. The van der Waals surface area contributed by atoms with Gasteiger partial charge >= 0.3 is 5.69 Å². The normalized spacial score (nSPS) is 9.00. The number of aryl methyl sites for hydroxylation is 1. The zero-order chi connectivity index (χ0) is 13.4. The van der Waals surface area contributed by atoms with Crippen molar-refractivity contribution in [3.63, 3.8) is 0 Å². The SMILES string of the molecule is C.CC.CCn1cnn(CC(CN)=C(F)F)c1=O. The summed E-state index contributed by atoms with van der Waals surface area (Å²) in [5.41, 5.74) is 4.43. The molecule has 5 nitrogen and oxygen atoms in total. The molecule has 1 heterocycles. The van der Waals surface area contributed by atoms with Gasteiger partial charge in [-0.05, 0) is 6.92 Å². The fourth-order valence-electron chi connectivity index (χ4n) is 1.08. The molecule has 0 spiro atoms. The van der Waals surface area contributed by atoms with Crippen molar-refractivity contribution in [2.24, 2.45) is 5.73 Å². The summed E-state index contributed by atoms with van der Waals surface area (Å²) >= 11 is 0. The van der Waals surface area contributed by atoms with E-state index in [1.165, 1.54) is 10.9 Å². The fourth-order valence-corrected chi connectivity index (χ4v) is 1.08. The highest BCUT2D eigenvalue weighted by molar-refractivity contribution is 5.03. The molecule has 0 unspecified atom stereocenters. The second-order valence-corrected chi connectivity index (χ2v) is 2.93. The summed E-state index contributed by atoms with van der Waals surface area (Å²) in [6.45, 7) is 5.68. The van der Waals surface area contributed by atoms with Gasteiger partial charge in [0.2, 0.25) is 0 Å². The van der Waals surface area contributed by atoms with E-state index in [2.05, 4.69) is 5.10 Å². The molecule has 0 saturated carbocycles. The third kappa shape index (κ3) is 4.79. The van der Waals surface area contributed by atoms with Crippen LogP contribution in [0.3, 0.4) is 0 Å². The summed E-state index contributed by atoms with van der Waals surface area (Å²) in [4.78, 5) is 11.4. The molecular weight excluding hydrogens is 242 g/mol. The Kier molecular flexibility index (Phi) is 9.97. The smallest absolute Gasteiger partial charge is 0.327 e. The topological polar surface area (TPSA) is 65.8 Å². The molecule has 0 saturated heterocycles. The van der Waals surface area contributed by atoms with Crippen molar-refractivity contribution < 1.29 is 8.78 Å². The minimum Gasteiger partial charge on any atom is -0.327 e. The van der Waals surface area contributed by atoms with E-state index in [0.29, 0.717) is 6.54 Å². The number of aromatic nitrogens is 3. The van der Waals surface area contributed by atoms with Gasteiger partial charge in [-0.25, -0.2) is 9.48 Å². The van der Waals surface area contributed by atoms with E-state index >= 15 is 0 Å². The lowest BCUT2D eigenvalue weighted by Gasteiger charge is -2.01. The minimum absolute atomic E-state index is 0. The summed E-state index contributed by atoms with van der Waals surface area (Å²) in [6.07, 6.45) is -0.539. The van der Waals surface area contributed by atoms with E-state index in [0.717, 1.165) is 4.68 Å². The first-order chi connectivity index (χ1) is 8.10. The third-order valence-corrected chi connectivity index (χ3v) is 1.99. The monoisotopic (exact) mass is 264 g/mol. The summed E-state index contributed by atoms with van der Waals surface area (Å²) in [6, 6.07) is 0. The van der Waals surface area contributed by atoms with Crippen molar-refractivity contribution >= 4 is 0 Å². The van der Waals surface area contributed by atoms with Gasteiger partial charge in [0.25, 0.3) is 6.08 Å². The van der Waals surface area contributed by atoms with Gasteiger partial charge in [-0.2, -0.15) is 13.9 Å². The molecule has 1 aromatic heterocycles. The molecule has 0 aliphatic rings. The van der Waals surface area contributed by atoms with Crippen LogP contribution in [-0.4, -0.2) is 20.9 Å². The number of hydrogen-bond acceptors (Lipinski definition) is 3. The van der Waals surface area contributed by atoms with E-state index in [1.807, 2.05) is 13.8 Å². The van der Waals surface area contributed by atoms with Gasteiger partial charge in [0.15, 0.2) is 0 Å². The molecule has 1 rings (SSSR count). The Balaban J connectivity index is 0. The number of hydrogen-bond donors (Lipinski definition) is 1. The van der Waals surface area contributed by atoms with Gasteiger partial charge in [0.1, 0.15) is 6.33 Å². The lowest BCUT2D eigenvalue weighted by atomic mass is 10.3. The zero-order valence-electron chi connectivity index (χ0n) is 10.3. The highest BCUT2D eigenvalue weighted by Crippen LogP contribution is 2.07. The number of halogens is 2. The van der Waals surface area contributed by atoms with Crippen LogP contribution in [-0.2, 0) is 13.1 Å². The van der Waals surface area contributed by atoms with Crippen molar-refractivity contribution in [1.29, 1.82) is 0 Å². The maximum absolute atomic E-state index is 12.3. The Hall–Kier alpha value is -1.50. The highest BCUT2D eigenvalue weighted by atomic mass is 19.3. The van der Waals surface area contributed by atoms with Gasteiger partial charge in [-0.15, -0.1) is 0 Å². The Bertz CT molecular complexity index is 419. The molecular formula is C11H22F2N4O. The molecule has 0 aliphatic carbocycles. The molecule has 1 aromatic rings. The fraction of sp³-hybridized carbons (Fsp3) is 0.636. The largest absolute Gasteiger partial charge is 0.346 e. The molecule has 0 bridgehead atoms. The van der Waals surface area contributed by atoms with Crippen LogP contribution >= 0.6 is 0 Å². The maximum Gasteiger partial charge on any atom is 0.346 e. The van der Waals surface area contributed by atoms with Gasteiger partial charge < -0.3 is 5.73 Å². The molecule has 7 heteroatoms. The van der Waals surface area contributed by atoms with E-state index < -0.39 is 11.8 Å². The van der Waals surface area contributed by atoms with Gasteiger partial charge in [0.05, 0.1) is 6.54 Å². The Morgan fingerprint density at radius 1 is 1.44 bits per heavy atom. The average Bonchev–Trinajstić information content (AvgIpc) is 2.69. The quantitative estimate of drug-likeness (QED) is 0.902. The van der Waals surface area contributed by atoms with E-state index in [-0.39, 0.29) is 26.1 Å². The summed E-state index contributed by atoms with van der Waals surface area (Å²) in [5, 5.41) is 3.70. The van der Waals surface area contributed by atoms with E-state index in [4.69, 9.17) is 5.73 Å². The zero-order valence-corrected chi connectivity index (χ0v) is 10.3. The highest BCUT2D eigenvalue weighted by Gasteiger charge is 2.09. The number of nitrogens with zero attached hydrogens (tertiary/aromatic N) is 3. The van der Waals surface area contributed by atoms with Crippen molar-refractivity contribution in [3.8, 4) is 0 Å². The number of rotatable bonds is 4. The molecule has 0 aromatic carbocycles. The summed E-state index contributed by atoms with van der Waals surface area (Å²) in [7, 11) is 0. The van der Waals surface area contributed by atoms with E-state index in [9.17, 15) is 13.6 Å². The molecule has 0 radical (unpaired) electrons. The van der Waals surface area contributed by atoms with Gasteiger partial charge in [0, 0.05) is 18.7 Å². The van der Waals surface area contributed by atoms with Crippen molar-refractivity contribution in [2.75, 3.05) is 6.54 Å². The standard InChI is InChI=1S/C8H12F2N4O.C2H6.CH4/c1-2-13-5-12-14(8(13)15)4-6(3-11)7(9)10;1-2;/h5H,2-4,11H2,1H3;1-2H3;1H4. The average molecular weight is 264 g/mol. The van der Waals surface area contributed by atoms with Crippen LogP contribution < -0.4 is 11.4 Å². The van der Waals surface area contributed by atoms with Crippen LogP contribution in [0.2, 0.25) is 0 Å². The molecule has 0 amide bonds. The van der Waals surface area contributed by atoms with Crippen LogP contribution in [0.15, 0.2) is 22.8 Å². The lowest BCUT2D eigenvalue weighted by molar-refractivity contribution is 0.400. The van der Waals surface area contributed by atoms with Crippen LogP contribution in [0.4, 0.5) is 8.78 Å². The Morgan fingerprint density at radius 3 is 2.33 bits per heavy atom. The summed E-state index contributed by atoms with van der Waals surface area (Å²) < 4.78 is 26.8. The lowest BCUT2D eigenvalue weighted by Crippen LogP contribution is -2.26. The molecule has 0 atom stereocenters. The second kappa shape index (κ2) is 9.52. The number of nitrogens with two attached hydrogens (primary N) is 1. The van der Waals surface area contributed by atoms with Crippen LogP contribution in [0.25, 0.3) is 0 Å². The third-order valence-electron chi connectivity index (χ3n) is 1.99. The van der Waals surface area contributed by atoms with Gasteiger partial charge in [-0.1, -0.05) is 21.3 Å². The molecule has 18 heavy (non-hydrogen) atoms. The van der Waals surface area contributed by atoms with Crippen molar-refractivity contribution in [1.82, 2.24) is 14.3 Å². The van der Waals surface area contributed by atoms with Crippen LogP contribution in [0, 0.1) is 0 Å². The van der Waals surface area contributed by atoms with Crippen molar-refractivity contribution in [3.05, 3.63) is 28.5 Å². The van der Waals surface area contributed by atoms with Gasteiger partial charge in [-0.3, -0.25) is 4.57 Å². The molecule has 106 valence electrons. The van der Waals surface area contributed by atoms with E-state index in [1.54, 1.807) is 6.92 Å². The summed E-state index contributed by atoms with van der Waals surface area (Å²) in [5.74, 6) is 0. The van der Waals surface area contributed by atoms with Crippen molar-refractivity contribution in [2.45, 2.75) is 41.3 Å². The van der Waals surface area contributed by atoms with Crippen LogP contribution in [0.5, 0.6) is 0 Å². The minimum atomic E-state index is -1.85. The predicted molar refractivity (Wildman–Crippen MR) is 68.5 cm³/mol. The predicted octanol–water partition coefficient (Wildman–Crippen LogP) is 1.84. The van der Waals surface area contributed by atoms with Crippen LogP contribution in [0.1, 0.15) is 28.2 Å². The first-order valence-electron chi connectivity index (χ1n) is 5.45. The Morgan fingerprint density at radius 2 is 2.00 bits per heavy atom. The molecule has 0 aliphatic heterocycles. The maximum atomic E-state index is 12.3. The first-order valence-corrected chi connectivity index (χ1v) is 5.45. The Labute approximate surface area is 106 Å². The molecule has 0 fully saturated rings.